The third-order valence-corrected chi connectivity index (χ3v) is 1.33. The maximum absolute atomic E-state index is 10.7. The van der Waals surface area contributed by atoms with E-state index in [4.69, 9.17) is 10.2 Å². The zero-order chi connectivity index (χ0) is 10.3. The Bertz CT molecular complexity index is 183. The number of rotatable bonds is 5. The highest BCUT2D eigenvalue weighted by molar-refractivity contribution is 5.74. The van der Waals surface area contributed by atoms with Crippen molar-refractivity contribution in [3.8, 4) is 0 Å². The van der Waals surface area contributed by atoms with E-state index in [-0.39, 0.29) is 19.0 Å². The molecule has 0 aliphatic rings. The van der Waals surface area contributed by atoms with Crippen LogP contribution in [0.4, 0.5) is 4.79 Å². The van der Waals surface area contributed by atoms with Crippen molar-refractivity contribution in [1.29, 1.82) is 0 Å². The Hall–Kier alpha value is -1.30. The molecule has 0 heterocycles. The molecule has 2 amide bonds. The number of carboxylic acid groups (broad SMARTS) is 1. The molecule has 0 saturated carbocycles. The Morgan fingerprint density at radius 3 is 2.46 bits per heavy atom. The third-order valence-electron chi connectivity index (χ3n) is 1.33. The largest absolute Gasteiger partial charge is 0.479 e. The summed E-state index contributed by atoms with van der Waals surface area (Å²) in [6.45, 7) is 2.41. The summed E-state index contributed by atoms with van der Waals surface area (Å²) in [4.78, 5) is 20.9. The maximum Gasteiger partial charge on any atom is 0.332 e. The topological polar surface area (TPSA) is 98.7 Å². The summed E-state index contributed by atoms with van der Waals surface area (Å²) in [5.41, 5.74) is 0. The lowest BCUT2D eigenvalue weighted by Crippen LogP contribution is -2.37. The molecular formula is C7H14N2O4. The Balaban J connectivity index is 3.44. The first kappa shape index (κ1) is 11.7. The van der Waals surface area contributed by atoms with E-state index >= 15 is 0 Å². The number of hydrogen-bond donors (Lipinski definition) is 4. The molecule has 0 unspecified atom stereocenters. The van der Waals surface area contributed by atoms with Crippen LogP contribution in [0.5, 0.6) is 0 Å². The van der Waals surface area contributed by atoms with Crippen LogP contribution in [0, 0.1) is 0 Å². The van der Waals surface area contributed by atoms with Crippen molar-refractivity contribution in [1.82, 2.24) is 10.6 Å². The van der Waals surface area contributed by atoms with Gasteiger partial charge in [0.05, 0.1) is 0 Å². The minimum atomic E-state index is -1.41. The van der Waals surface area contributed by atoms with Crippen LogP contribution in [0.15, 0.2) is 0 Å². The smallest absolute Gasteiger partial charge is 0.332 e. The molecule has 0 saturated heterocycles. The highest BCUT2D eigenvalue weighted by atomic mass is 16.4. The number of aliphatic hydroxyl groups excluding tert-OH is 1. The lowest BCUT2D eigenvalue weighted by atomic mass is 10.2. The minimum absolute atomic E-state index is 0.00642. The van der Waals surface area contributed by atoms with Gasteiger partial charge in [0.25, 0.3) is 0 Å². The lowest BCUT2D eigenvalue weighted by Gasteiger charge is -2.07. The van der Waals surface area contributed by atoms with Crippen LogP contribution in [0.1, 0.15) is 13.3 Å². The predicted molar refractivity (Wildman–Crippen MR) is 45.3 cm³/mol. The summed E-state index contributed by atoms with van der Waals surface area (Å²) in [5.74, 6) is -1.28. The highest BCUT2D eigenvalue weighted by Gasteiger charge is 2.12. The van der Waals surface area contributed by atoms with Crippen molar-refractivity contribution in [2.45, 2.75) is 19.4 Å². The van der Waals surface area contributed by atoms with Crippen molar-refractivity contribution in [2.75, 3.05) is 13.1 Å². The second-order valence-corrected chi connectivity index (χ2v) is 2.43. The van der Waals surface area contributed by atoms with E-state index in [1.54, 1.807) is 6.92 Å². The lowest BCUT2D eigenvalue weighted by molar-refractivity contribution is -0.146. The first-order valence-electron chi connectivity index (χ1n) is 4.00. The molecule has 76 valence electrons. The second kappa shape index (κ2) is 6.24. The molecule has 0 radical (unpaired) electrons. The molecule has 0 aromatic rings. The van der Waals surface area contributed by atoms with E-state index in [1.807, 2.05) is 0 Å². The number of amides is 2. The molecule has 0 aromatic carbocycles. The fourth-order valence-electron chi connectivity index (χ4n) is 0.669. The molecule has 0 fully saturated rings. The van der Waals surface area contributed by atoms with E-state index < -0.39 is 12.1 Å². The monoisotopic (exact) mass is 190 g/mol. The van der Waals surface area contributed by atoms with Gasteiger partial charge in [-0.25, -0.2) is 9.59 Å². The first-order chi connectivity index (χ1) is 6.07. The predicted octanol–water partition coefficient (Wildman–Crippen LogP) is -0.859. The van der Waals surface area contributed by atoms with E-state index in [0.29, 0.717) is 6.54 Å². The SMILES string of the molecule is CCNC(=O)NCC[C@H](O)C(=O)O. The molecule has 4 N–H and O–H groups in total. The summed E-state index contributed by atoms with van der Waals surface area (Å²) < 4.78 is 0. The number of carbonyl (C=O) groups excluding carboxylic acids is 1. The van der Waals surface area contributed by atoms with Gasteiger partial charge in [-0.3, -0.25) is 0 Å². The van der Waals surface area contributed by atoms with Crippen LogP contribution in [0.25, 0.3) is 0 Å². The highest BCUT2D eigenvalue weighted by Crippen LogP contribution is 1.88. The van der Waals surface area contributed by atoms with Crippen molar-refractivity contribution in [2.24, 2.45) is 0 Å². The average molecular weight is 190 g/mol. The van der Waals surface area contributed by atoms with Gasteiger partial charge in [0.2, 0.25) is 0 Å². The van der Waals surface area contributed by atoms with E-state index in [1.165, 1.54) is 0 Å². The minimum Gasteiger partial charge on any atom is -0.479 e. The average Bonchev–Trinajstić information content (AvgIpc) is 2.04. The van der Waals surface area contributed by atoms with Crippen LogP contribution in [-0.4, -0.2) is 41.4 Å². The zero-order valence-electron chi connectivity index (χ0n) is 7.41. The van der Waals surface area contributed by atoms with Gasteiger partial charge < -0.3 is 20.8 Å². The fourth-order valence-corrected chi connectivity index (χ4v) is 0.669. The zero-order valence-corrected chi connectivity index (χ0v) is 7.41. The quantitative estimate of drug-likeness (QED) is 0.453. The van der Waals surface area contributed by atoms with Gasteiger partial charge in [-0.2, -0.15) is 0 Å². The molecule has 0 aliphatic heterocycles. The summed E-state index contributed by atoms with van der Waals surface area (Å²) >= 11 is 0. The number of carbonyl (C=O) groups is 2. The molecule has 0 bridgehead atoms. The summed E-state index contributed by atoms with van der Waals surface area (Å²) in [5, 5.41) is 21.9. The van der Waals surface area contributed by atoms with Crippen LogP contribution in [0.3, 0.4) is 0 Å². The van der Waals surface area contributed by atoms with Gasteiger partial charge in [-0.15, -0.1) is 0 Å². The van der Waals surface area contributed by atoms with Gasteiger partial charge in [-0.05, 0) is 6.92 Å². The molecule has 13 heavy (non-hydrogen) atoms. The van der Waals surface area contributed by atoms with E-state index in [0.717, 1.165) is 0 Å². The van der Waals surface area contributed by atoms with Crippen molar-refractivity contribution in [3.63, 3.8) is 0 Å². The summed E-state index contributed by atoms with van der Waals surface area (Å²) in [7, 11) is 0. The summed E-state index contributed by atoms with van der Waals surface area (Å²) in [6, 6.07) is -0.361. The molecule has 0 rings (SSSR count). The number of aliphatic hydroxyl groups is 1. The van der Waals surface area contributed by atoms with E-state index in [2.05, 4.69) is 10.6 Å². The van der Waals surface area contributed by atoms with Gasteiger partial charge in [-0.1, -0.05) is 0 Å². The first-order valence-corrected chi connectivity index (χ1v) is 4.00. The van der Waals surface area contributed by atoms with Crippen molar-refractivity contribution < 1.29 is 19.8 Å². The van der Waals surface area contributed by atoms with Crippen LogP contribution in [0.2, 0.25) is 0 Å². The summed E-state index contributed by atoms with van der Waals surface area (Å²) in [6.07, 6.45) is -1.41. The fraction of sp³-hybridized carbons (Fsp3) is 0.714. The molecule has 1 atom stereocenters. The van der Waals surface area contributed by atoms with Crippen LogP contribution < -0.4 is 10.6 Å². The number of nitrogens with one attached hydrogen (secondary N) is 2. The van der Waals surface area contributed by atoms with E-state index in [9.17, 15) is 9.59 Å². The number of aliphatic carboxylic acids is 1. The third kappa shape index (κ3) is 5.92. The molecule has 0 aliphatic carbocycles. The Morgan fingerprint density at radius 1 is 1.38 bits per heavy atom. The van der Waals surface area contributed by atoms with Gasteiger partial charge >= 0.3 is 12.0 Å². The molecule has 0 aromatic heterocycles. The number of carboxylic acids is 1. The number of urea groups is 1. The van der Waals surface area contributed by atoms with Crippen LogP contribution in [-0.2, 0) is 4.79 Å². The Morgan fingerprint density at radius 2 is 2.00 bits per heavy atom. The van der Waals surface area contributed by atoms with Crippen LogP contribution >= 0.6 is 0 Å². The maximum atomic E-state index is 10.7. The Kier molecular flexibility index (Phi) is 5.62. The van der Waals surface area contributed by atoms with Gasteiger partial charge in [0.15, 0.2) is 6.10 Å². The molecule has 6 heteroatoms. The molecule has 6 nitrogen and oxygen atoms in total. The molecule has 0 spiro atoms. The normalized spacial score (nSPS) is 11.8. The van der Waals surface area contributed by atoms with Crippen molar-refractivity contribution in [3.05, 3.63) is 0 Å². The van der Waals surface area contributed by atoms with Crippen molar-refractivity contribution >= 4 is 12.0 Å². The Labute approximate surface area is 75.9 Å². The standard InChI is InChI=1S/C7H14N2O4/c1-2-8-7(13)9-4-3-5(10)6(11)12/h5,10H,2-4H2,1H3,(H,11,12)(H2,8,9,13)/t5-/m0/s1. The van der Waals surface area contributed by atoms with Gasteiger partial charge in [0.1, 0.15) is 0 Å². The van der Waals surface area contributed by atoms with Gasteiger partial charge in [0, 0.05) is 19.5 Å². The molecular weight excluding hydrogens is 176 g/mol. The number of hydrogen-bond acceptors (Lipinski definition) is 3. The second-order valence-electron chi connectivity index (χ2n) is 2.43.